The maximum Gasteiger partial charge on any atom is 0.408 e. The number of esters is 1. The summed E-state index contributed by atoms with van der Waals surface area (Å²) in [5.41, 5.74) is -0.212. The van der Waals surface area contributed by atoms with Crippen LogP contribution in [0.2, 0.25) is 0 Å². The van der Waals surface area contributed by atoms with Crippen LogP contribution in [-0.4, -0.2) is 70.3 Å². The predicted molar refractivity (Wildman–Crippen MR) is 176 cm³/mol. The molecule has 3 N–H and O–H groups in total. The van der Waals surface area contributed by atoms with Crippen LogP contribution < -0.4 is 10.6 Å². The minimum atomic E-state index is -1.37. The van der Waals surface area contributed by atoms with E-state index in [0.717, 1.165) is 5.56 Å². The highest BCUT2D eigenvalue weighted by atomic mass is 16.6. The highest BCUT2D eigenvalue weighted by molar-refractivity contribution is 5.94. The van der Waals surface area contributed by atoms with Gasteiger partial charge in [-0.3, -0.25) is 9.59 Å². The number of carbonyl (C=O) groups excluding carboxylic acids is 4. The summed E-state index contributed by atoms with van der Waals surface area (Å²) in [7, 11) is 0. The third-order valence-electron chi connectivity index (χ3n) is 6.58. The van der Waals surface area contributed by atoms with Gasteiger partial charge in [-0.05, 0) is 71.1 Å². The molecule has 0 aliphatic carbocycles. The van der Waals surface area contributed by atoms with Gasteiger partial charge in [0.2, 0.25) is 11.8 Å². The maximum atomic E-state index is 14.4. The van der Waals surface area contributed by atoms with E-state index in [1.165, 1.54) is 4.90 Å². The van der Waals surface area contributed by atoms with E-state index in [1.54, 1.807) is 65.8 Å². The van der Waals surface area contributed by atoms with Crippen LogP contribution >= 0.6 is 0 Å². The highest BCUT2D eigenvalue weighted by Crippen LogP contribution is 2.27. The number of terminal acetylenes is 1. The fraction of sp³-hybridized carbons (Fsp3) is 0.500. The van der Waals surface area contributed by atoms with E-state index in [0.29, 0.717) is 11.1 Å². The number of amides is 3. The maximum absolute atomic E-state index is 14.4. The van der Waals surface area contributed by atoms with Gasteiger partial charge in [-0.2, -0.15) is 0 Å². The van der Waals surface area contributed by atoms with Crippen LogP contribution in [-0.2, 0) is 30.3 Å². The fourth-order valence-corrected chi connectivity index (χ4v) is 4.80. The number of hydrogen-bond donors (Lipinski definition) is 3. The second-order valence-electron chi connectivity index (χ2n) is 13.5. The lowest BCUT2D eigenvalue weighted by Gasteiger charge is -2.35. The first-order valence-electron chi connectivity index (χ1n) is 15.5. The average Bonchev–Trinajstić information content (AvgIpc) is 2.94. The predicted octanol–water partition coefficient (Wildman–Crippen LogP) is 4.54. The molecule has 2 rings (SSSR count). The first-order valence-corrected chi connectivity index (χ1v) is 15.5. The van der Waals surface area contributed by atoms with Crippen molar-refractivity contribution in [2.24, 2.45) is 5.92 Å². The van der Waals surface area contributed by atoms with Crippen molar-refractivity contribution in [3.8, 4) is 12.3 Å². The van der Waals surface area contributed by atoms with Crippen molar-refractivity contribution in [2.75, 3.05) is 13.2 Å². The Balaban J connectivity index is 2.64. The molecule has 2 aromatic rings. The van der Waals surface area contributed by atoms with Crippen LogP contribution in [0.25, 0.3) is 0 Å². The molecule has 0 fully saturated rings. The summed E-state index contributed by atoms with van der Waals surface area (Å²) in [6.07, 6.45) is 5.37. The Hall–Kier alpha value is -4.36. The smallest absolute Gasteiger partial charge is 0.408 e. The zero-order valence-electron chi connectivity index (χ0n) is 28.3. The Morgan fingerprint density at radius 3 is 2.00 bits per heavy atom. The standard InChI is InChI=1S/C36H49N3O7/c1-10-26-18-14-15-19-27(26)30(31(41)37-29(33(43)45-35(4,5)6)23-25-16-12-11-13-17-25)39(20-21-40)32(42)28(22-24(2)3)38-34(44)46-36(7,8)9/h1,11-19,24,28-30,40H,20-23H2,2-9H3,(H,37,41)(H,38,44). The molecule has 0 radical (unpaired) electrons. The van der Waals surface area contributed by atoms with Gasteiger partial charge in [0.05, 0.1) is 6.61 Å². The molecular weight excluding hydrogens is 586 g/mol. The number of rotatable bonds is 13. The number of alkyl carbamates (subject to hydrolysis) is 1. The fourth-order valence-electron chi connectivity index (χ4n) is 4.80. The minimum Gasteiger partial charge on any atom is -0.458 e. The molecular formula is C36H49N3O7. The van der Waals surface area contributed by atoms with Gasteiger partial charge in [-0.25, -0.2) is 9.59 Å². The lowest BCUT2D eigenvalue weighted by molar-refractivity contribution is -0.159. The van der Waals surface area contributed by atoms with Crippen molar-refractivity contribution in [3.63, 3.8) is 0 Å². The quantitative estimate of drug-likeness (QED) is 0.217. The number of aliphatic hydroxyl groups is 1. The summed E-state index contributed by atoms with van der Waals surface area (Å²) in [4.78, 5) is 56.1. The van der Waals surface area contributed by atoms with Crippen LogP contribution in [0.5, 0.6) is 0 Å². The number of benzene rings is 2. The van der Waals surface area contributed by atoms with Crippen molar-refractivity contribution in [2.45, 2.75) is 97.6 Å². The largest absolute Gasteiger partial charge is 0.458 e. The molecule has 0 saturated carbocycles. The zero-order valence-corrected chi connectivity index (χ0v) is 28.3. The van der Waals surface area contributed by atoms with E-state index in [2.05, 4.69) is 16.6 Å². The summed E-state index contributed by atoms with van der Waals surface area (Å²) in [6, 6.07) is 12.2. The van der Waals surface area contributed by atoms with Crippen LogP contribution in [0.1, 0.15) is 84.5 Å². The number of carbonyl (C=O) groups is 4. The van der Waals surface area contributed by atoms with Crippen molar-refractivity contribution < 1.29 is 33.8 Å². The number of aliphatic hydroxyl groups excluding tert-OH is 1. The Morgan fingerprint density at radius 1 is 0.870 bits per heavy atom. The molecule has 0 spiro atoms. The van der Waals surface area contributed by atoms with Crippen molar-refractivity contribution in [1.29, 1.82) is 0 Å². The van der Waals surface area contributed by atoms with Gasteiger partial charge >= 0.3 is 12.1 Å². The van der Waals surface area contributed by atoms with Crippen molar-refractivity contribution >= 4 is 23.9 Å². The van der Waals surface area contributed by atoms with Crippen molar-refractivity contribution in [1.82, 2.24) is 15.5 Å². The van der Waals surface area contributed by atoms with E-state index in [9.17, 15) is 24.3 Å². The second-order valence-corrected chi connectivity index (χ2v) is 13.5. The van der Waals surface area contributed by atoms with Gasteiger partial charge in [0.15, 0.2) is 0 Å². The molecule has 250 valence electrons. The third-order valence-corrected chi connectivity index (χ3v) is 6.58. The number of ether oxygens (including phenoxy) is 2. The summed E-state index contributed by atoms with van der Waals surface area (Å²) >= 11 is 0. The molecule has 46 heavy (non-hydrogen) atoms. The zero-order chi connectivity index (χ0) is 34.7. The van der Waals surface area contributed by atoms with Gasteiger partial charge in [-0.15, -0.1) is 6.42 Å². The molecule has 3 amide bonds. The lowest BCUT2D eigenvalue weighted by atomic mass is 9.95. The average molecular weight is 636 g/mol. The molecule has 0 aromatic heterocycles. The Kier molecular flexibility index (Phi) is 13.8. The Morgan fingerprint density at radius 2 is 1.46 bits per heavy atom. The van der Waals surface area contributed by atoms with Gasteiger partial charge in [0.1, 0.15) is 29.3 Å². The van der Waals surface area contributed by atoms with Crippen LogP contribution in [0.4, 0.5) is 4.79 Å². The number of hydrogen-bond acceptors (Lipinski definition) is 7. The number of nitrogens with zero attached hydrogens (tertiary/aromatic N) is 1. The van der Waals surface area contributed by atoms with Crippen LogP contribution in [0, 0.1) is 18.3 Å². The SMILES string of the molecule is C#Cc1ccccc1C(C(=O)NC(Cc1ccccc1)C(=O)OC(C)(C)C)N(CCO)C(=O)C(CC(C)C)NC(=O)OC(C)(C)C. The van der Waals surface area contributed by atoms with Gasteiger partial charge in [0.25, 0.3) is 0 Å². The van der Waals surface area contributed by atoms with E-state index in [-0.39, 0.29) is 25.3 Å². The van der Waals surface area contributed by atoms with E-state index < -0.39 is 59.8 Å². The number of nitrogens with one attached hydrogen (secondary N) is 2. The van der Waals surface area contributed by atoms with Gasteiger partial charge in [-0.1, -0.05) is 68.3 Å². The van der Waals surface area contributed by atoms with Crippen molar-refractivity contribution in [3.05, 3.63) is 71.3 Å². The normalized spacial score (nSPS) is 13.5. The van der Waals surface area contributed by atoms with Gasteiger partial charge in [0, 0.05) is 18.5 Å². The van der Waals surface area contributed by atoms with Crippen LogP contribution in [0.15, 0.2) is 54.6 Å². The molecule has 0 saturated heterocycles. The van der Waals surface area contributed by atoms with E-state index in [4.69, 9.17) is 15.9 Å². The molecule has 0 heterocycles. The summed E-state index contributed by atoms with van der Waals surface area (Å²) in [5.74, 6) is 0.543. The molecule has 0 bridgehead atoms. The summed E-state index contributed by atoms with van der Waals surface area (Å²) in [5, 5.41) is 15.6. The molecule has 3 atom stereocenters. The van der Waals surface area contributed by atoms with E-state index >= 15 is 0 Å². The second kappa shape index (κ2) is 16.8. The summed E-state index contributed by atoms with van der Waals surface area (Å²) in [6.45, 7) is 13.3. The van der Waals surface area contributed by atoms with Gasteiger partial charge < -0.3 is 30.1 Å². The molecule has 2 aromatic carbocycles. The molecule has 10 nitrogen and oxygen atoms in total. The first kappa shape index (κ1) is 37.8. The van der Waals surface area contributed by atoms with E-state index in [1.807, 2.05) is 44.2 Å². The molecule has 0 aliphatic rings. The first-order chi connectivity index (χ1) is 21.5. The molecule has 0 aliphatic heterocycles. The Bertz CT molecular complexity index is 1370. The topological polar surface area (TPSA) is 134 Å². The highest BCUT2D eigenvalue weighted by Gasteiger charge is 2.39. The summed E-state index contributed by atoms with van der Waals surface area (Å²) < 4.78 is 11.1. The lowest BCUT2D eigenvalue weighted by Crippen LogP contribution is -2.56. The molecule has 10 heteroatoms. The Labute approximate surface area is 273 Å². The minimum absolute atomic E-state index is 0.0347. The monoisotopic (exact) mass is 635 g/mol. The third kappa shape index (κ3) is 12.2. The van der Waals surface area contributed by atoms with Crippen LogP contribution in [0.3, 0.4) is 0 Å². The molecule has 3 unspecified atom stereocenters.